The van der Waals surface area contributed by atoms with Crippen molar-refractivity contribution >= 4 is 13.2 Å². The van der Waals surface area contributed by atoms with Gasteiger partial charge in [0.25, 0.3) is 0 Å². The molecular formula is C17H28N4OP+. The third-order valence-corrected chi connectivity index (χ3v) is 13.2. The summed E-state index contributed by atoms with van der Waals surface area (Å²) >= 11 is 0. The summed E-state index contributed by atoms with van der Waals surface area (Å²) in [6, 6.07) is 10.3. The number of nitrogens with zero attached hydrogens (tertiary/aromatic N) is 4. The van der Waals surface area contributed by atoms with Crippen LogP contribution in [0.5, 0.6) is 0 Å². The van der Waals surface area contributed by atoms with Crippen LogP contribution in [0.25, 0.3) is 5.76 Å². The summed E-state index contributed by atoms with van der Waals surface area (Å²) in [4.78, 5) is 0. The monoisotopic (exact) mass is 335 g/mol. The standard InChI is InChI=1S/C17H28N4OP/c1-16(17-8-6-5-7-9-17)22-23-18(2)10-13-21(23,14-11-19(23)3)15-12-20(23)4/h5-9H,1,10-15H2,2-4H3/q+1. The van der Waals surface area contributed by atoms with Crippen molar-refractivity contribution in [3.05, 3.63) is 42.5 Å². The summed E-state index contributed by atoms with van der Waals surface area (Å²) in [5.41, 5.74) is 1.08. The van der Waals surface area contributed by atoms with Gasteiger partial charge in [-0.3, -0.25) is 0 Å². The molecule has 126 valence electrons. The van der Waals surface area contributed by atoms with Crippen LogP contribution in [0.15, 0.2) is 36.9 Å². The third kappa shape index (κ3) is 1.51. The first kappa shape index (κ1) is 15.6. The van der Waals surface area contributed by atoms with E-state index in [1.165, 1.54) is 19.6 Å². The molecule has 3 aliphatic heterocycles. The van der Waals surface area contributed by atoms with Gasteiger partial charge in [-0.1, -0.05) is 0 Å². The predicted octanol–water partition coefficient (Wildman–Crippen LogP) is 2.46. The van der Waals surface area contributed by atoms with Crippen LogP contribution in [0.4, 0.5) is 0 Å². The Balaban J connectivity index is 1.85. The van der Waals surface area contributed by atoms with Gasteiger partial charge in [-0.25, -0.2) is 0 Å². The van der Waals surface area contributed by atoms with Crippen LogP contribution in [0.2, 0.25) is 0 Å². The minimum absolute atomic E-state index is 0.807. The van der Waals surface area contributed by atoms with Gasteiger partial charge < -0.3 is 0 Å². The molecule has 23 heavy (non-hydrogen) atoms. The van der Waals surface area contributed by atoms with Crippen molar-refractivity contribution in [2.75, 3.05) is 60.4 Å². The molecule has 0 atom stereocenters. The van der Waals surface area contributed by atoms with Gasteiger partial charge >= 0.3 is 139 Å². The van der Waals surface area contributed by atoms with Crippen LogP contribution in [-0.2, 0) is 4.52 Å². The Morgan fingerprint density at radius 1 is 0.957 bits per heavy atom. The molecule has 0 N–H and O–H groups in total. The molecule has 0 bridgehead atoms. The zero-order valence-electron chi connectivity index (χ0n) is 14.5. The average molecular weight is 335 g/mol. The van der Waals surface area contributed by atoms with Crippen LogP contribution < -0.4 is 0 Å². The van der Waals surface area contributed by atoms with E-state index in [9.17, 15) is 0 Å². The van der Waals surface area contributed by atoms with Gasteiger partial charge in [0.1, 0.15) is 0 Å². The third-order valence-electron chi connectivity index (χ3n) is 6.42. The van der Waals surface area contributed by atoms with Crippen LogP contribution in [-0.4, -0.2) is 78.7 Å². The van der Waals surface area contributed by atoms with E-state index < -0.39 is 7.43 Å². The Bertz CT molecular complexity index is 608. The van der Waals surface area contributed by atoms with Gasteiger partial charge in [-0.15, -0.1) is 0 Å². The van der Waals surface area contributed by atoms with E-state index >= 15 is 0 Å². The first-order valence-electron chi connectivity index (χ1n) is 8.44. The Hall–Kier alpha value is -0.970. The molecule has 3 fully saturated rings. The SMILES string of the molecule is C=C(OP123N(C)CC[N+]1(CCN2C)CCN3C)c1ccccc1. The van der Waals surface area contributed by atoms with E-state index in [-0.39, 0.29) is 0 Å². The fourth-order valence-corrected chi connectivity index (χ4v) is 12.5. The molecule has 0 aliphatic carbocycles. The second-order valence-electron chi connectivity index (χ2n) is 7.15. The van der Waals surface area contributed by atoms with Crippen molar-refractivity contribution in [3.8, 4) is 0 Å². The Morgan fingerprint density at radius 3 is 1.91 bits per heavy atom. The topological polar surface area (TPSA) is 19.0 Å². The maximum absolute atomic E-state index is 7.03. The van der Waals surface area contributed by atoms with Gasteiger partial charge in [-0.2, -0.15) is 0 Å². The molecule has 4 rings (SSSR count). The molecule has 1 aromatic carbocycles. The summed E-state index contributed by atoms with van der Waals surface area (Å²) in [6.07, 6.45) is 0. The molecule has 0 saturated carbocycles. The number of hydrogen-bond acceptors (Lipinski definition) is 4. The summed E-state index contributed by atoms with van der Waals surface area (Å²) in [5.74, 6) is 0.807. The van der Waals surface area contributed by atoms with Gasteiger partial charge in [-0.05, 0) is 0 Å². The first-order valence-corrected chi connectivity index (χ1v) is 10.4. The van der Waals surface area contributed by atoms with Crippen LogP contribution in [0.3, 0.4) is 0 Å². The molecule has 0 unspecified atom stereocenters. The van der Waals surface area contributed by atoms with Crippen LogP contribution >= 0.6 is 7.43 Å². The van der Waals surface area contributed by atoms with E-state index in [2.05, 4.69) is 66.0 Å². The van der Waals surface area contributed by atoms with Gasteiger partial charge in [0.05, 0.1) is 0 Å². The average Bonchev–Trinajstić information content (AvgIpc) is 3.07. The van der Waals surface area contributed by atoms with Gasteiger partial charge in [0, 0.05) is 0 Å². The fourth-order valence-electron chi connectivity index (χ4n) is 5.30. The van der Waals surface area contributed by atoms with Crippen molar-refractivity contribution in [1.82, 2.24) is 14.0 Å². The van der Waals surface area contributed by atoms with Gasteiger partial charge in [0.2, 0.25) is 0 Å². The normalized spacial score (nSPS) is 34.5. The van der Waals surface area contributed by atoms with E-state index in [1.807, 2.05) is 6.07 Å². The molecule has 6 heteroatoms. The van der Waals surface area contributed by atoms with Crippen molar-refractivity contribution in [2.45, 2.75) is 0 Å². The van der Waals surface area contributed by atoms with E-state index in [0.29, 0.717) is 0 Å². The first-order chi connectivity index (χ1) is 11.0. The predicted molar refractivity (Wildman–Crippen MR) is 96.2 cm³/mol. The number of benzene rings is 1. The molecule has 0 aromatic heterocycles. The number of hydrogen-bond donors (Lipinski definition) is 0. The number of quaternary nitrogens is 1. The molecule has 1 aromatic rings. The minimum atomic E-state index is -2.86. The van der Waals surface area contributed by atoms with E-state index in [0.717, 1.165) is 35.2 Å². The van der Waals surface area contributed by atoms with E-state index in [1.54, 1.807) is 0 Å². The quantitative estimate of drug-likeness (QED) is 0.624. The molecule has 3 aliphatic rings. The van der Waals surface area contributed by atoms with Crippen LogP contribution in [0, 0.1) is 0 Å². The molecular weight excluding hydrogens is 307 g/mol. The fraction of sp³-hybridized carbons (Fsp3) is 0.529. The second-order valence-corrected chi connectivity index (χ2v) is 12.0. The van der Waals surface area contributed by atoms with Crippen molar-refractivity contribution in [2.24, 2.45) is 0 Å². The summed E-state index contributed by atoms with van der Waals surface area (Å²) in [6.45, 7) is 11.2. The molecule has 0 spiro atoms. The Labute approximate surface area is 139 Å². The summed E-state index contributed by atoms with van der Waals surface area (Å²) in [5, 5.41) is 0. The van der Waals surface area contributed by atoms with Crippen LogP contribution in [0.1, 0.15) is 5.56 Å². The zero-order valence-corrected chi connectivity index (χ0v) is 15.4. The summed E-state index contributed by atoms with van der Waals surface area (Å²) < 4.78 is 15.7. The number of likely N-dealkylation sites (N-methyl/N-ethyl adjacent to an activating group) is 3. The molecule has 0 radical (unpaired) electrons. The molecule has 3 heterocycles. The molecule has 5 nitrogen and oxygen atoms in total. The van der Waals surface area contributed by atoms with Crippen molar-refractivity contribution in [1.29, 1.82) is 0 Å². The van der Waals surface area contributed by atoms with E-state index in [4.69, 9.17) is 4.52 Å². The Morgan fingerprint density at radius 2 is 1.43 bits per heavy atom. The Kier molecular flexibility index (Phi) is 3.23. The summed E-state index contributed by atoms with van der Waals surface area (Å²) in [7, 11) is 3.89. The second kappa shape index (κ2) is 4.78. The molecule has 0 amide bonds. The van der Waals surface area contributed by atoms with Gasteiger partial charge in [0.15, 0.2) is 0 Å². The number of rotatable bonds is 3. The zero-order chi connectivity index (χ0) is 16.3. The van der Waals surface area contributed by atoms with Crippen molar-refractivity contribution in [3.63, 3.8) is 0 Å². The van der Waals surface area contributed by atoms with Crippen molar-refractivity contribution < 1.29 is 8.78 Å². The maximum atomic E-state index is 7.03. The molecule has 3 saturated heterocycles.